The molecule has 0 bridgehead atoms. The van der Waals surface area contributed by atoms with Gasteiger partial charge in [-0.2, -0.15) is 0 Å². The Morgan fingerprint density at radius 2 is 1.46 bits per heavy atom. The van der Waals surface area contributed by atoms with Crippen molar-refractivity contribution in [2.75, 3.05) is 0 Å². The third kappa shape index (κ3) is 8.83. The van der Waals surface area contributed by atoms with E-state index >= 15 is 0 Å². The molecule has 0 saturated heterocycles. The summed E-state index contributed by atoms with van der Waals surface area (Å²) in [7, 11) is -10.8. The number of phosphoric acid groups is 2. The van der Waals surface area contributed by atoms with E-state index in [0.29, 0.717) is 0 Å². The third-order valence-corrected chi connectivity index (χ3v) is 6.51. The molecule has 0 aliphatic heterocycles. The molecule has 0 fully saturated rings. The van der Waals surface area contributed by atoms with E-state index in [4.69, 9.17) is 18.4 Å². The first-order valence-electron chi connectivity index (χ1n) is 2.20. The summed E-state index contributed by atoms with van der Waals surface area (Å²) < 4.78 is 54.2. The van der Waals surface area contributed by atoms with Crippen molar-refractivity contribution in [3.05, 3.63) is 0 Å². The summed E-state index contributed by atoms with van der Waals surface area (Å²) in [5.74, 6) is 0. The number of hydrogen-bond donors (Lipinski definition) is 4. The first-order chi connectivity index (χ1) is 5.41. The van der Waals surface area contributed by atoms with Crippen LogP contribution in [0.3, 0.4) is 0 Å². The van der Waals surface area contributed by atoms with Crippen molar-refractivity contribution in [1.29, 1.82) is 0 Å². The minimum atomic E-state index is -6.55. The van der Waals surface area contributed by atoms with Crippen molar-refractivity contribution in [3.8, 4) is 0 Å². The summed E-state index contributed by atoms with van der Waals surface area (Å²) in [6.07, 6.45) is 0. The van der Waals surface area contributed by atoms with E-state index in [-0.39, 0.29) is 0 Å². The molecule has 0 aliphatic rings. The van der Waals surface area contributed by atoms with E-state index < -0.39 is 32.4 Å². The van der Waals surface area contributed by atoms with Crippen molar-refractivity contribution in [3.63, 3.8) is 0 Å². The van der Waals surface area contributed by atoms with Gasteiger partial charge < -0.3 is 0 Å². The zero-order valence-electron chi connectivity index (χ0n) is 5.54. The maximum absolute atomic E-state index is 10.4. The normalized spacial score (nSPS) is 18.2. The number of rotatable bonds is 4. The number of hydrogen-bond acceptors (Lipinski definition) is 6. The Kier molecular flexibility index (Phi) is 4.09. The molecular weight excluding hydrogens is 406 g/mol. The van der Waals surface area contributed by atoms with Crippen LogP contribution in [-0.4, -0.2) is 18.4 Å². The van der Waals surface area contributed by atoms with E-state index in [1.807, 2.05) is 0 Å². The zero-order chi connectivity index (χ0) is 10.9. The Hall–Kier alpha value is 0.508. The first-order valence-corrected chi connectivity index (χ1v) is 10.1. The average Bonchev–Trinajstić information content (AvgIpc) is 1.43. The van der Waals surface area contributed by atoms with E-state index in [1.165, 1.54) is 0 Å². The Morgan fingerprint density at radius 1 is 1.08 bits per heavy atom. The molecule has 0 amide bonds. The molecule has 0 aromatic heterocycles. The summed E-state index contributed by atoms with van der Waals surface area (Å²) in [6, 6.07) is 0. The Labute approximate surface area is 74.7 Å². The van der Waals surface area contributed by atoms with Crippen LogP contribution < -0.4 is 0 Å². The fourth-order valence-electron chi connectivity index (χ4n) is 0.267. The van der Waals surface area contributed by atoms with Crippen LogP contribution in [0.2, 0.25) is 0 Å². The van der Waals surface area contributed by atoms with Crippen LogP contribution in [0.5, 0.6) is 0 Å². The third-order valence-electron chi connectivity index (χ3n) is 0.398. The van der Waals surface area contributed by atoms with Gasteiger partial charge in [0.25, 0.3) is 0 Å². The molecule has 0 aromatic carbocycles. The van der Waals surface area contributed by atoms with E-state index in [2.05, 4.69) is 7.49 Å². The van der Waals surface area contributed by atoms with Crippen LogP contribution in [0.25, 0.3) is 0 Å². The molecule has 0 radical (unpaired) electrons. The Balaban J connectivity index is 4.63. The molecule has 0 saturated carbocycles. The fraction of sp³-hybridized carbons (Fsp3) is 0. The van der Waals surface area contributed by atoms with Crippen molar-refractivity contribution >= 4 is 15.6 Å². The predicted octanol–water partition coefficient (Wildman–Crippen LogP) is -1.12. The molecule has 1 atom stereocenters. The molecule has 0 spiro atoms. The van der Waals surface area contributed by atoms with Gasteiger partial charge in [0.05, 0.1) is 0 Å². The molecular formula is H4O10P2W. The molecule has 10 nitrogen and oxygen atoms in total. The van der Waals surface area contributed by atoms with Crippen LogP contribution >= 0.6 is 15.6 Å². The monoisotopic (exact) mass is 410 g/mol. The van der Waals surface area contributed by atoms with Gasteiger partial charge in [-0.05, 0) is 0 Å². The van der Waals surface area contributed by atoms with Crippen LogP contribution in [0, 0.1) is 0 Å². The minimum absolute atomic E-state index is 3.05. The molecule has 1 unspecified atom stereocenters. The topological polar surface area (TPSA) is 168 Å². The van der Waals surface area contributed by atoms with Gasteiger partial charge in [-0.25, -0.2) is 0 Å². The van der Waals surface area contributed by atoms with Crippen molar-refractivity contribution in [2.24, 2.45) is 0 Å². The van der Waals surface area contributed by atoms with Crippen LogP contribution in [0.4, 0.5) is 0 Å². The van der Waals surface area contributed by atoms with Gasteiger partial charge in [0.1, 0.15) is 0 Å². The molecule has 0 heterocycles. The average molecular weight is 410 g/mol. The second-order valence-corrected chi connectivity index (χ2v) is 8.94. The first kappa shape index (κ1) is 13.5. The van der Waals surface area contributed by atoms with Gasteiger partial charge >= 0.3 is 74.2 Å². The van der Waals surface area contributed by atoms with Gasteiger partial charge in [-0.1, -0.05) is 0 Å². The van der Waals surface area contributed by atoms with E-state index in [0.717, 1.165) is 0 Å². The predicted molar refractivity (Wildman–Crippen MR) is 27.6 cm³/mol. The zero-order valence-corrected chi connectivity index (χ0v) is 10.3. The fourth-order valence-corrected chi connectivity index (χ4v) is 5.14. The van der Waals surface area contributed by atoms with Gasteiger partial charge in [0, 0.05) is 0 Å². The summed E-state index contributed by atoms with van der Waals surface area (Å²) in [5.41, 5.74) is 0. The van der Waals surface area contributed by atoms with Crippen molar-refractivity contribution in [2.45, 2.75) is 0 Å². The van der Waals surface area contributed by atoms with Crippen LogP contribution in [0.15, 0.2) is 0 Å². The van der Waals surface area contributed by atoms with Gasteiger partial charge in [-0.3, -0.25) is 0 Å². The summed E-state index contributed by atoms with van der Waals surface area (Å²) in [4.78, 5) is 24.2. The molecule has 13 heteroatoms. The molecule has 80 valence electrons. The van der Waals surface area contributed by atoms with Gasteiger partial charge in [0.15, 0.2) is 0 Å². The summed E-state index contributed by atoms with van der Waals surface area (Å²) >= 11 is -6.55. The molecule has 0 rings (SSSR count). The molecule has 0 aliphatic carbocycles. The quantitative estimate of drug-likeness (QED) is 0.417. The molecule has 4 N–H and O–H groups in total. The summed E-state index contributed by atoms with van der Waals surface area (Å²) in [5, 5.41) is 0. The second-order valence-electron chi connectivity index (χ2n) is 1.54. The Morgan fingerprint density at radius 3 is 1.69 bits per heavy atom. The molecule has 13 heavy (non-hydrogen) atoms. The van der Waals surface area contributed by atoms with Crippen LogP contribution in [-0.2, 0) is 40.2 Å². The molecule has 0 aromatic rings. The standard InChI is InChI=1S/H4O7P2.H2O.2O.W/c1-8(2,3)7-9(4,5)6;;;;/h(H2,1,2,3)(H2,4,5,6);1H2;;;/q;;;;+2/p-2. The summed E-state index contributed by atoms with van der Waals surface area (Å²) in [6.45, 7) is 0. The van der Waals surface area contributed by atoms with E-state index in [9.17, 15) is 15.9 Å². The maximum atomic E-state index is 10.4. The SMILES string of the molecule is O=P(O)(O)OP(=O)(O)[O][W](=[O])(=[O])[OH]. The van der Waals surface area contributed by atoms with Crippen LogP contribution in [0.1, 0.15) is 0 Å². The van der Waals surface area contributed by atoms with E-state index in [1.54, 1.807) is 0 Å². The second kappa shape index (κ2) is 3.94. The van der Waals surface area contributed by atoms with Crippen molar-refractivity contribution in [1.82, 2.24) is 0 Å². The van der Waals surface area contributed by atoms with Gasteiger partial charge in [-0.15, -0.1) is 0 Å². The van der Waals surface area contributed by atoms with Crippen molar-refractivity contribution < 1.29 is 58.6 Å². The Bertz CT molecular complexity index is 354. The van der Waals surface area contributed by atoms with Gasteiger partial charge in [0.2, 0.25) is 0 Å².